The molecule has 0 aliphatic carbocycles. The normalized spacial score (nSPS) is 9.30. The summed E-state index contributed by atoms with van der Waals surface area (Å²) in [6.07, 6.45) is 0. The van der Waals surface area contributed by atoms with Crippen LogP contribution in [0.1, 0.15) is 0 Å². The van der Waals surface area contributed by atoms with E-state index in [2.05, 4.69) is 5.32 Å². The molecular weight excluding hydrogens is 138 g/mol. The van der Waals surface area contributed by atoms with Crippen LogP contribution in [0.2, 0.25) is 0 Å². The van der Waals surface area contributed by atoms with E-state index in [1.807, 2.05) is 0 Å². The number of Topliss-reactive ketones (excluding diaryl/α,β-unsaturated/α-hetero) is 1. The molecule has 0 saturated heterocycles. The Kier molecular flexibility index (Phi) is 4.43. The first-order valence-corrected chi connectivity index (χ1v) is 2.72. The van der Waals surface area contributed by atoms with E-state index in [1.54, 1.807) is 0 Å². The van der Waals surface area contributed by atoms with Crippen molar-refractivity contribution in [3.63, 3.8) is 0 Å². The zero-order chi connectivity index (χ0) is 7.98. The maximum Gasteiger partial charge on any atom is 0.317 e. The van der Waals surface area contributed by atoms with Crippen molar-refractivity contribution in [2.24, 2.45) is 0 Å². The van der Waals surface area contributed by atoms with E-state index in [9.17, 15) is 9.59 Å². The second-order valence-corrected chi connectivity index (χ2v) is 1.69. The monoisotopic (exact) mass is 147 g/mol. The van der Waals surface area contributed by atoms with Gasteiger partial charge < -0.3 is 10.2 Å². The van der Waals surface area contributed by atoms with Gasteiger partial charge >= 0.3 is 5.97 Å². The number of ketones is 1. The van der Waals surface area contributed by atoms with Crippen LogP contribution in [0.3, 0.4) is 0 Å². The molecule has 5 heteroatoms. The zero-order valence-corrected chi connectivity index (χ0v) is 5.33. The van der Waals surface area contributed by atoms with Gasteiger partial charge in [-0.3, -0.25) is 14.9 Å². The second kappa shape index (κ2) is 4.89. The summed E-state index contributed by atoms with van der Waals surface area (Å²) in [5.74, 6) is -1.44. The van der Waals surface area contributed by atoms with Gasteiger partial charge in [0, 0.05) is 0 Å². The van der Waals surface area contributed by atoms with Gasteiger partial charge in [-0.2, -0.15) is 0 Å². The predicted octanol–water partition coefficient (Wildman–Crippen LogP) is -1.78. The zero-order valence-electron chi connectivity index (χ0n) is 5.33. The van der Waals surface area contributed by atoms with E-state index in [-0.39, 0.29) is 13.1 Å². The van der Waals surface area contributed by atoms with Crippen LogP contribution in [0.4, 0.5) is 0 Å². The quantitative estimate of drug-likeness (QED) is 0.428. The minimum atomic E-state index is -1.02. The number of carbonyl (C=O) groups excluding carboxylic acids is 1. The lowest BCUT2D eigenvalue weighted by molar-refractivity contribution is -0.136. The van der Waals surface area contributed by atoms with E-state index in [4.69, 9.17) is 10.2 Å². The first-order chi connectivity index (χ1) is 4.66. The fourth-order valence-electron chi connectivity index (χ4n) is 0.365. The van der Waals surface area contributed by atoms with Crippen LogP contribution in [-0.4, -0.2) is 41.7 Å². The van der Waals surface area contributed by atoms with Crippen molar-refractivity contribution >= 4 is 11.8 Å². The highest BCUT2D eigenvalue weighted by atomic mass is 16.4. The molecular formula is C5H9NO4. The fraction of sp³-hybridized carbons (Fsp3) is 0.600. The Balaban J connectivity index is 3.20. The number of aliphatic hydroxyl groups is 1. The smallest absolute Gasteiger partial charge is 0.317 e. The summed E-state index contributed by atoms with van der Waals surface area (Å²) in [5.41, 5.74) is 0. The Hall–Kier alpha value is -0.940. The van der Waals surface area contributed by atoms with Crippen molar-refractivity contribution in [2.75, 3.05) is 19.7 Å². The van der Waals surface area contributed by atoms with Crippen LogP contribution >= 0.6 is 0 Å². The van der Waals surface area contributed by atoms with Crippen LogP contribution in [0.25, 0.3) is 0 Å². The number of aliphatic hydroxyl groups excluding tert-OH is 1. The molecule has 0 amide bonds. The Morgan fingerprint density at radius 1 is 1.30 bits per heavy atom. The highest BCUT2D eigenvalue weighted by molar-refractivity contribution is 5.82. The third kappa shape index (κ3) is 5.20. The number of hydrogen-bond acceptors (Lipinski definition) is 4. The van der Waals surface area contributed by atoms with Crippen LogP contribution in [0.5, 0.6) is 0 Å². The molecule has 0 aliphatic heterocycles. The number of hydrogen-bond donors (Lipinski definition) is 3. The van der Waals surface area contributed by atoms with E-state index in [0.29, 0.717) is 0 Å². The average molecular weight is 147 g/mol. The SMILES string of the molecule is O=C(O)CNCC(=O)CO. The van der Waals surface area contributed by atoms with E-state index in [0.717, 1.165) is 0 Å². The molecule has 0 unspecified atom stereocenters. The molecule has 0 radical (unpaired) electrons. The van der Waals surface area contributed by atoms with E-state index < -0.39 is 18.4 Å². The minimum absolute atomic E-state index is 0.0944. The Labute approximate surface area is 57.7 Å². The summed E-state index contributed by atoms with van der Waals surface area (Å²) in [6, 6.07) is 0. The van der Waals surface area contributed by atoms with Crippen molar-refractivity contribution in [3.05, 3.63) is 0 Å². The summed E-state index contributed by atoms with van der Waals surface area (Å²) in [5, 5.41) is 18.6. The van der Waals surface area contributed by atoms with Gasteiger partial charge in [-0.1, -0.05) is 0 Å². The number of carboxylic acid groups (broad SMARTS) is 1. The summed E-state index contributed by atoms with van der Waals surface area (Å²) in [6.45, 7) is -0.902. The average Bonchev–Trinajstić information content (AvgIpc) is 1.87. The molecule has 0 saturated carbocycles. The molecule has 0 aromatic carbocycles. The molecule has 0 aliphatic rings. The third-order valence-electron chi connectivity index (χ3n) is 0.775. The van der Waals surface area contributed by atoms with Crippen molar-refractivity contribution < 1.29 is 19.8 Å². The Morgan fingerprint density at radius 3 is 2.30 bits per heavy atom. The molecule has 0 fully saturated rings. The molecule has 0 aromatic rings. The lowest BCUT2D eigenvalue weighted by Gasteiger charge is -1.96. The van der Waals surface area contributed by atoms with Crippen molar-refractivity contribution in [1.29, 1.82) is 0 Å². The van der Waals surface area contributed by atoms with Crippen molar-refractivity contribution in [2.45, 2.75) is 0 Å². The van der Waals surface area contributed by atoms with Gasteiger partial charge in [0.25, 0.3) is 0 Å². The molecule has 58 valence electrons. The minimum Gasteiger partial charge on any atom is -0.480 e. The van der Waals surface area contributed by atoms with Gasteiger partial charge in [-0.05, 0) is 0 Å². The summed E-state index contributed by atoms with van der Waals surface area (Å²) >= 11 is 0. The number of carbonyl (C=O) groups is 2. The summed E-state index contributed by atoms with van der Waals surface area (Å²) < 4.78 is 0. The predicted molar refractivity (Wildman–Crippen MR) is 32.6 cm³/mol. The topological polar surface area (TPSA) is 86.6 Å². The van der Waals surface area contributed by atoms with Crippen LogP contribution in [-0.2, 0) is 9.59 Å². The van der Waals surface area contributed by atoms with Crippen LogP contribution in [0, 0.1) is 0 Å². The molecule has 0 rings (SSSR count). The van der Waals surface area contributed by atoms with Gasteiger partial charge in [-0.15, -0.1) is 0 Å². The maximum absolute atomic E-state index is 10.3. The lowest BCUT2D eigenvalue weighted by Crippen LogP contribution is -2.29. The molecule has 0 spiro atoms. The van der Waals surface area contributed by atoms with E-state index in [1.165, 1.54) is 0 Å². The molecule has 0 atom stereocenters. The fourth-order valence-corrected chi connectivity index (χ4v) is 0.365. The van der Waals surface area contributed by atoms with Gasteiger partial charge in [0.1, 0.15) is 6.61 Å². The molecule has 0 heterocycles. The standard InChI is InChI=1S/C5H9NO4/c7-3-4(8)1-6-2-5(9)10/h6-7H,1-3H2,(H,9,10). The molecule has 0 aromatic heterocycles. The number of rotatable bonds is 5. The lowest BCUT2D eigenvalue weighted by atomic mass is 10.4. The molecule has 5 nitrogen and oxygen atoms in total. The number of carboxylic acids is 1. The molecule has 10 heavy (non-hydrogen) atoms. The van der Waals surface area contributed by atoms with Crippen molar-refractivity contribution in [3.8, 4) is 0 Å². The number of aliphatic carboxylic acids is 1. The second-order valence-electron chi connectivity index (χ2n) is 1.69. The molecule has 0 bridgehead atoms. The van der Waals surface area contributed by atoms with Gasteiger partial charge in [0.15, 0.2) is 5.78 Å². The largest absolute Gasteiger partial charge is 0.480 e. The highest BCUT2D eigenvalue weighted by Gasteiger charge is 1.99. The van der Waals surface area contributed by atoms with Gasteiger partial charge in [0.05, 0.1) is 13.1 Å². The van der Waals surface area contributed by atoms with Gasteiger partial charge in [0.2, 0.25) is 0 Å². The van der Waals surface area contributed by atoms with Crippen LogP contribution < -0.4 is 5.32 Å². The molecule has 3 N–H and O–H groups in total. The van der Waals surface area contributed by atoms with Crippen LogP contribution in [0.15, 0.2) is 0 Å². The third-order valence-corrected chi connectivity index (χ3v) is 0.775. The first kappa shape index (κ1) is 9.06. The summed E-state index contributed by atoms with van der Waals surface area (Å²) in [7, 11) is 0. The Bertz CT molecular complexity index is 134. The maximum atomic E-state index is 10.3. The highest BCUT2D eigenvalue weighted by Crippen LogP contribution is 1.66. The van der Waals surface area contributed by atoms with Crippen molar-refractivity contribution in [1.82, 2.24) is 5.32 Å². The van der Waals surface area contributed by atoms with E-state index >= 15 is 0 Å². The first-order valence-electron chi connectivity index (χ1n) is 2.72. The Morgan fingerprint density at radius 2 is 1.90 bits per heavy atom. The number of nitrogens with one attached hydrogen (secondary N) is 1. The van der Waals surface area contributed by atoms with Gasteiger partial charge in [-0.25, -0.2) is 0 Å². The summed E-state index contributed by atoms with van der Waals surface area (Å²) in [4.78, 5) is 20.1.